The second-order valence-corrected chi connectivity index (χ2v) is 7.52. The van der Waals surface area contributed by atoms with Gasteiger partial charge in [-0.3, -0.25) is 0 Å². The summed E-state index contributed by atoms with van der Waals surface area (Å²) in [6.45, 7) is 0. The third-order valence-electron chi connectivity index (χ3n) is 3.93. The average molecular weight is 457 g/mol. The van der Waals surface area contributed by atoms with Crippen LogP contribution in [0.25, 0.3) is 10.9 Å². The topological polar surface area (TPSA) is 39.9 Å². The SMILES string of the molecule is Brc1ccc(Nc2[nH]c3ccccc3c2Nc2ccc(Br)cc2)cc1. The molecule has 0 unspecified atom stereocenters. The molecule has 4 rings (SSSR count). The maximum Gasteiger partial charge on any atom is 0.133 e. The Kier molecular flexibility index (Phi) is 4.51. The van der Waals surface area contributed by atoms with Crippen LogP contribution in [0.5, 0.6) is 0 Å². The van der Waals surface area contributed by atoms with Crippen LogP contribution in [-0.2, 0) is 0 Å². The van der Waals surface area contributed by atoms with Crippen LogP contribution >= 0.6 is 31.9 Å². The monoisotopic (exact) mass is 455 g/mol. The van der Waals surface area contributed by atoms with E-state index in [1.54, 1.807) is 0 Å². The summed E-state index contributed by atoms with van der Waals surface area (Å²) in [6.07, 6.45) is 0. The van der Waals surface area contributed by atoms with E-state index < -0.39 is 0 Å². The Balaban J connectivity index is 1.74. The number of hydrogen-bond acceptors (Lipinski definition) is 2. The van der Waals surface area contributed by atoms with Crippen LogP contribution in [0.4, 0.5) is 22.9 Å². The van der Waals surface area contributed by atoms with E-state index >= 15 is 0 Å². The van der Waals surface area contributed by atoms with Gasteiger partial charge in [-0.15, -0.1) is 0 Å². The smallest absolute Gasteiger partial charge is 0.133 e. The summed E-state index contributed by atoms with van der Waals surface area (Å²) in [5.74, 6) is 0.937. The summed E-state index contributed by atoms with van der Waals surface area (Å²) < 4.78 is 2.12. The molecule has 0 bridgehead atoms. The van der Waals surface area contributed by atoms with Gasteiger partial charge in [-0.1, -0.05) is 50.1 Å². The molecule has 25 heavy (non-hydrogen) atoms. The Labute approximate surface area is 162 Å². The summed E-state index contributed by atoms with van der Waals surface area (Å²) in [4.78, 5) is 3.46. The van der Waals surface area contributed by atoms with Crippen LogP contribution in [-0.4, -0.2) is 4.98 Å². The molecule has 0 atom stereocenters. The van der Waals surface area contributed by atoms with E-state index in [9.17, 15) is 0 Å². The number of aromatic nitrogens is 1. The molecular weight excluding hydrogens is 442 g/mol. The van der Waals surface area contributed by atoms with E-state index in [0.717, 1.165) is 42.7 Å². The molecule has 3 nitrogen and oxygen atoms in total. The Morgan fingerprint density at radius 1 is 0.640 bits per heavy atom. The van der Waals surface area contributed by atoms with Gasteiger partial charge in [-0.05, 0) is 54.6 Å². The number of aromatic amines is 1. The molecule has 0 saturated heterocycles. The Morgan fingerprint density at radius 3 is 1.84 bits per heavy atom. The molecule has 1 heterocycles. The highest BCUT2D eigenvalue weighted by Gasteiger charge is 2.12. The Hall–Kier alpha value is -2.24. The molecule has 0 spiro atoms. The van der Waals surface area contributed by atoms with E-state index in [1.807, 2.05) is 48.5 Å². The van der Waals surface area contributed by atoms with Crippen molar-refractivity contribution in [3.63, 3.8) is 0 Å². The van der Waals surface area contributed by atoms with Crippen LogP contribution in [0.3, 0.4) is 0 Å². The summed E-state index contributed by atoms with van der Waals surface area (Å²) >= 11 is 6.95. The zero-order chi connectivity index (χ0) is 17.2. The predicted octanol–water partition coefficient (Wildman–Crippen LogP) is 7.18. The molecule has 3 aromatic carbocycles. The van der Waals surface area contributed by atoms with Gasteiger partial charge < -0.3 is 15.6 Å². The highest BCUT2D eigenvalue weighted by Crippen LogP contribution is 2.36. The molecule has 1 aromatic heterocycles. The van der Waals surface area contributed by atoms with Crippen molar-refractivity contribution in [3.05, 3.63) is 81.7 Å². The molecule has 0 aliphatic carbocycles. The van der Waals surface area contributed by atoms with Crippen molar-refractivity contribution in [1.82, 2.24) is 4.98 Å². The largest absolute Gasteiger partial charge is 0.352 e. The Morgan fingerprint density at radius 2 is 1.20 bits per heavy atom. The lowest BCUT2D eigenvalue weighted by Crippen LogP contribution is -1.96. The first-order chi connectivity index (χ1) is 12.2. The van der Waals surface area contributed by atoms with E-state index in [-0.39, 0.29) is 0 Å². The molecule has 0 aliphatic heterocycles. The number of anilines is 4. The number of halogens is 2. The number of H-pyrrole nitrogens is 1. The van der Waals surface area contributed by atoms with Crippen molar-refractivity contribution in [1.29, 1.82) is 0 Å². The maximum atomic E-state index is 3.53. The normalized spacial score (nSPS) is 10.8. The predicted molar refractivity (Wildman–Crippen MR) is 113 cm³/mol. The van der Waals surface area contributed by atoms with Gasteiger partial charge >= 0.3 is 0 Å². The third kappa shape index (κ3) is 3.57. The van der Waals surface area contributed by atoms with Gasteiger partial charge in [0.1, 0.15) is 5.82 Å². The van der Waals surface area contributed by atoms with Gasteiger partial charge in [0.05, 0.1) is 5.69 Å². The fourth-order valence-corrected chi connectivity index (χ4v) is 3.25. The van der Waals surface area contributed by atoms with Gasteiger partial charge in [0.15, 0.2) is 0 Å². The van der Waals surface area contributed by atoms with Crippen molar-refractivity contribution >= 4 is 65.6 Å². The van der Waals surface area contributed by atoms with E-state index in [2.05, 4.69) is 71.7 Å². The fourth-order valence-electron chi connectivity index (χ4n) is 2.72. The molecule has 0 amide bonds. The molecule has 4 aromatic rings. The third-order valence-corrected chi connectivity index (χ3v) is 4.99. The number of nitrogens with one attached hydrogen (secondary N) is 3. The molecule has 0 fully saturated rings. The second kappa shape index (κ2) is 6.94. The van der Waals surface area contributed by atoms with Gasteiger partial charge in [0, 0.05) is 31.2 Å². The zero-order valence-corrected chi connectivity index (χ0v) is 16.4. The molecular formula is C20H15Br2N3. The zero-order valence-electron chi connectivity index (χ0n) is 13.2. The van der Waals surface area contributed by atoms with Crippen molar-refractivity contribution < 1.29 is 0 Å². The van der Waals surface area contributed by atoms with Crippen LogP contribution in [0.2, 0.25) is 0 Å². The van der Waals surface area contributed by atoms with Crippen molar-refractivity contribution in [2.24, 2.45) is 0 Å². The lowest BCUT2D eigenvalue weighted by atomic mass is 10.2. The summed E-state index contributed by atoms with van der Waals surface area (Å²) in [6, 6.07) is 24.5. The molecule has 3 N–H and O–H groups in total. The van der Waals surface area contributed by atoms with Crippen molar-refractivity contribution in [2.75, 3.05) is 10.6 Å². The van der Waals surface area contributed by atoms with Crippen LogP contribution in [0, 0.1) is 0 Å². The number of benzene rings is 3. The minimum absolute atomic E-state index is 0.937. The number of para-hydroxylation sites is 1. The highest BCUT2D eigenvalue weighted by atomic mass is 79.9. The lowest BCUT2D eigenvalue weighted by Gasteiger charge is -2.11. The van der Waals surface area contributed by atoms with E-state index in [1.165, 1.54) is 0 Å². The standard InChI is InChI=1S/C20H15Br2N3/c21-13-5-9-15(10-6-13)23-19-17-3-1-2-4-18(17)25-20(19)24-16-11-7-14(22)8-12-16/h1-12,23-25H. The average Bonchev–Trinajstić information content (AvgIpc) is 2.96. The summed E-state index contributed by atoms with van der Waals surface area (Å²) in [5.41, 5.74) is 4.17. The van der Waals surface area contributed by atoms with Crippen molar-refractivity contribution in [3.8, 4) is 0 Å². The number of hydrogen-bond donors (Lipinski definition) is 3. The van der Waals surface area contributed by atoms with E-state index in [0.29, 0.717) is 0 Å². The summed E-state index contributed by atoms with van der Waals surface area (Å²) in [5, 5.41) is 8.15. The lowest BCUT2D eigenvalue weighted by molar-refractivity contribution is 1.41. The first-order valence-electron chi connectivity index (χ1n) is 7.85. The Bertz CT molecular complexity index is 1010. The van der Waals surface area contributed by atoms with Gasteiger partial charge in [-0.2, -0.15) is 0 Å². The fraction of sp³-hybridized carbons (Fsp3) is 0. The van der Waals surface area contributed by atoms with Gasteiger partial charge in [-0.25, -0.2) is 0 Å². The quantitative estimate of drug-likeness (QED) is 0.304. The molecule has 0 saturated carbocycles. The van der Waals surface area contributed by atoms with Gasteiger partial charge in [0.2, 0.25) is 0 Å². The highest BCUT2D eigenvalue weighted by molar-refractivity contribution is 9.10. The van der Waals surface area contributed by atoms with Gasteiger partial charge in [0.25, 0.3) is 0 Å². The number of rotatable bonds is 4. The van der Waals surface area contributed by atoms with Crippen LogP contribution in [0.15, 0.2) is 81.7 Å². The molecule has 0 aliphatic rings. The molecule has 0 radical (unpaired) electrons. The second-order valence-electron chi connectivity index (χ2n) is 5.68. The van der Waals surface area contributed by atoms with Crippen LogP contribution in [0.1, 0.15) is 0 Å². The molecule has 5 heteroatoms. The maximum absolute atomic E-state index is 3.53. The first-order valence-corrected chi connectivity index (χ1v) is 9.43. The van der Waals surface area contributed by atoms with Crippen molar-refractivity contribution in [2.45, 2.75) is 0 Å². The summed E-state index contributed by atoms with van der Waals surface area (Å²) in [7, 11) is 0. The first kappa shape index (κ1) is 16.2. The minimum atomic E-state index is 0.937. The number of fused-ring (bicyclic) bond motifs is 1. The molecule has 124 valence electrons. The minimum Gasteiger partial charge on any atom is -0.352 e. The van der Waals surface area contributed by atoms with E-state index in [4.69, 9.17) is 0 Å². The van der Waals surface area contributed by atoms with Crippen LogP contribution < -0.4 is 10.6 Å².